The van der Waals surface area contributed by atoms with E-state index in [1.165, 1.54) is 33.2 Å². The Morgan fingerprint density at radius 2 is 2.12 bits per heavy atom. The van der Waals surface area contributed by atoms with Crippen LogP contribution in [-0.4, -0.2) is 35.7 Å². The number of nitrogens with zero attached hydrogens (tertiary/aromatic N) is 1. The first kappa shape index (κ1) is 18.5. The van der Waals surface area contributed by atoms with Gasteiger partial charge in [0.15, 0.2) is 0 Å². The molecule has 0 aliphatic rings. The van der Waals surface area contributed by atoms with Crippen LogP contribution in [0.15, 0.2) is 17.8 Å². The van der Waals surface area contributed by atoms with Gasteiger partial charge in [0.05, 0.1) is 19.0 Å². The number of aliphatic carboxylic acids is 1. The molecule has 7 heteroatoms. The Morgan fingerprint density at radius 1 is 1.44 bits per heavy atom. The van der Waals surface area contributed by atoms with Gasteiger partial charge in [-0.2, -0.15) is 0 Å². The molecule has 6 nitrogen and oxygen atoms in total. The van der Waals surface area contributed by atoms with E-state index in [2.05, 4.69) is 5.32 Å². The highest BCUT2D eigenvalue weighted by Crippen LogP contribution is 2.37. The van der Waals surface area contributed by atoms with Crippen LogP contribution in [0, 0.1) is 5.82 Å². The molecule has 0 radical (unpaired) electrons. The smallest absolute Gasteiger partial charge is 0.331 e. The van der Waals surface area contributed by atoms with Crippen molar-refractivity contribution in [2.45, 2.75) is 26.8 Å². The largest absolute Gasteiger partial charge is 0.495 e. The number of hydrogen-bond acceptors (Lipinski definition) is 3. The number of likely N-dealkylation sites (N-methyl/N-ethyl adjacent to an activating group) is 1. The molecule has 0 fully saturated rings. The molecule has 1 aromatic carbocycles. The summed E-state index contributed by atoms with van der Waals surface area (Å²) in [4.78, 5) is 22.9. The van der Waals surface area contributed by atoms with Crippen LogP contribution in [0.4, 0.5) is 4.39 Å². The Morgan fingerprint density at radius 3 is 2.64 bits per heavy atom. The van der Waals surface area contributed by atoms with Crippen molar-refractivity contribution in [3.8, 4) is 5.75 Å². The van der Waals surface area contributed by atoms with Crippen molar-refractivity contribution in [2.75, 3.05) is 14.2 Å². The van der Waals surface area contributed by atoms with E-state index in [-0.39, 0.29) is 17.9 Å². The van der Waals surface area contributed by atoms with Gasteiger partial charge in [-0.3, -0.25) is 4.79 Å². The zero-order valence-electron chi connectivity index (χ0n) is 14.6. The fourth-order valence-corrected chi connectivity index (χ4v) is 2.80. The molecule has 134 valence electrons. The van der Waals surface area contributed by atoms with Gasteiger partial charge in [0.25, 0.3) is 0 Å². The maximum atomic E-state index is 14.7. The van der Waals surface area contributed by atoms with Crippen molar-refractivity contribution < 1.29 is 23.8 Å². The molecular weight excluding hydrogens is 327 g/mol. The Bertz CT molecular complexity index is 868. The zero-order valence-corrected chi connectivity index (χ0v) is 14.6. The van der Waals surface area contributed by atoms with E-state index in [0.29, 0.717) is 34.3 Å². The molecule has 0 saturated carbocycles. The summed E-state index contributed by atoms with van der Waals surface area (Å²) in [7, 11) is 2.97. The highest BCUT2D eigenvalue weighted by Gasteiger charge is 2.21. The number of methoxy groups -OCH3 is 1. The molecule has 0 aliphatic carbocycles. The monoisotopic (exact) mass is 348 g/mol. The molecule has 1 heterocycles. The van der Waals surface area contributed by atoms with E-state index in [1.807, 2.05) is 6.92 Å². The van der Waals surface area contributed by atoms with Crippen LogP contribution in [0.2, 0.25) is 0 Å². The Labute approximate surface area is 144 Å². The van der Waals surface area contributed by atoms with E-state index in [9.17, 15) is 14.0 Å². The van der Waals surface area contributed by atoms with Crippen molar-refractivity contribution in [3.63, 3.8) is 0 Å². The Hall–Kier alpha value is -2.83. The molecule has 0 aliphatic heterocycles. The molecule has 0 spiro atoms. The van der Waals surface area contributed by atoms with Gasteiger partial charge in [0.2, 0.25) is 5.91 Å². The lowest BCUT2D eigenvalue weighted by Gasteiger charge is -2.11. The first-order chi connectivity index (χ1) is 11.8. The lowest BCUT2D eigenvalue weighted by Crippen LogP contribution is -2.19. The van der Waals surface area contributed by atoms with Crippen LogP contribution in [0.3, 0.4) is 0 Å². The molecule has 2 N–H and O–H groups in total. The summed E-state index contributed by atoms with van der Waals surface area (Å²) in [6.07, 6.45) is 3.15. The highest BCUT2D eigenvalue weighted by atomic mass is 19.1. The van der Waals surface area contributed by atoms with Crippen molar-refractivity contribution in [3.05, 3.63) is 34.8 Å². The number of carboxylic acid groups (broad SMARTS) is 1. The van der Waals surface area contributed by atoms with E-state index in [0.717, 1.165) is 0 Å². The third-order valence-electron chi connectivity index (χ3n) is 4.04. The lowest BCUT2D eigenvalue weighted by molar-refractivity contribution is -0.132. The van der Waals surface area contributed by atoms with Gasteiger partial charge in [0, 0.05) is 36.3 Å². The van der Waals surface area contributed by atoms with Gasteiger partial charge >= 0.3 is 5.97 Å². The number of carboxylic acids is 1. The lowest BCUT2D eigenvalue weighted by atomic mass is 10.0. The summed E-state index contributed by atoms with van der Waals surface area (Å²) in [6.45, 7) is 3.82. The molecule has 0 atom stereocenters. The van der Waals surface area contributed by atoms with Crippen molar-refractivity contribution in [1.29, 1.82) is 0 Å². The highest BCUT2D eigenvalue weighted by molar-refractivity contribution is 5.98. The molecule has 1 amide bonds. The van der Waals surface area contributed by atoms with Gasteiger partial charge in [-0.05, 0) is 31.6 Å². The van der Waals surface area contributed by atoms with E-state index < -0.39 is 11.8 Å². The molecular formula is C18H21FN2O4. The number of aryl methyl sites for hydroxylation is 1. The second-order valence-electron chi connectivity index (χ2n) is 5.63. The number of nitrogens with one attached hydrogen (secondary N) is 1. The first-order valence-electron chi connectivity index (χ1n) is 7.84. The van der Waals surface area contributed by atoms with Gasteiger partial charge in [0.1, 0.15) is 11.6 Å². The molecule has 25 heavy (non-hydrogen) atoms. The predicted molar refractivity (Wildman–Crippen MR) is 93.2 cm³/mol. The standard InChI is InChI=1S/C18H21FN2O4/c1-5-21-9-12(8-14(22)20-3)15-16(21)13(19)7-11(17(15)25-4)6-10(2)18(23)24/h6-7,9H,5,8H2,1-4H3,(H,20,22)(H,23,24). The fourth-order valence-electron chi connectivity index (χ4n) is 2.80. The van der Waals surface area contributed by atoms with Crippen LogP contribution >= 0.6 is 0 Å². The summed E-state index contributed by atoms with van der Waals surface area (Å²) >= 11 is 0. The summed E-state index contributed by atoms with van der Waals surface area (Å²) in [5.74, 6) is -1.45. The van der Waals surface area contributed by atoms with E-state index in [1.54, 1.807) is 10.8 Å². The normalized spacial score (nSPS) is 11.6. The van der Waals surface area contributed by atoms with Crippen LogP contribution in [0.25, 0.3) is 17.0 Å². The summed E-state index contributed by atoms with van der Waals surface area (Å²) in [6, 6.07) is 1.25. The van der Waals surface area contributed by atoms with Crippen LogP contribution in [0.1, 0.15) is 25.0 Å². The first-order valence-corrected chi connectivity index (χ1v) is 7.84. The number of fused-ring (bicyclic) bond motifs is 1. The Balaban J connectivity index is 2.83. The van der Waals surface area contributed by atoms with Crippen molar-refractivity contribution >= 4 is 28.9 Å². The topological polar surface area (TPSA) is 80.6 Å². The average molecular weight is 348 g/mol. The number of carbonyl (C=O) groups is 2. The van der Waals surface area contributed by atoms with Gasteiger partial charge < -0.3 is 19.7 Å². The predicted octanol–water partition coefficient (Wildman–Crippen LogP) is 2.59. The number of aromatic nitrogens is 1. The SMILES string of the molecule is CCn1cc(CC(=O)NC)c2c(OC)c(C=C(C)C(=O)O)cc(F)c21. The number of amides is 1. The average Bonchev–Trinajstić information content (AvgIpc) is 2.94. The van der Waals surface area contributed by atoms with E-state index in [4.69, 9.17) is 9.84 Å². The van der Waals surface area contributed by atoms with Gasteiger partial charge in [-0.1, -0.05) is 0 Å². The minimum absolute atomic E-state index is 0.0554. The van der Waals surface area contributed by atoms with E-state index >= 15 is 0 Å². The number of hydrogen-bond donors (Lipinski definition) is 2. The van der Waals surface area contributed by atoms with Crippen molar-refractivity contribution in [2.24, 2.45) is 0 Å². The minimum Gasteiger partial charge on any atom is -0.495 e. The molecule has 2 rings (SSSR count). The third kappa shape index (κ3) is 3.50. The fraction of sp³-hybridized carbons (Fsp3) is 0.333. The van der Waals surface area contributed by atoms with Crippen molar-refractivity contribution in [1.82, 2.24) is 9.88 Å². The summed E-state index contributed by atoms with van der Waals surface area (Å²) in [5.41, 5.74) is 1.33. The molecule has 0 saturated heterocycles. The van der Waals surface area contributed by atoms with Crippen LogP contribution in [0.5, 0.6) is 5.75 Å². The molecule has 0 bridgehead atoms. The zero-order chi connectivity index (χ0) is 18.7. The number of benzene rings is 1. The molecule has 1 aromatic heterocycles. The number of ether oxygens (including phenoxy) is 1. The van der Waals surface area contributed by atoms with Crippen LogP contribution < -0.4 is 10.1 Å². The molecule has 0 unspecified atom stereocenters. The Kier molecular flexibility index (Phi) is 5.46. The third-order valence-corrected chi connectivity index (χ3v) is 4.04. The quantitative estimate of drug-likeness (QED) is 0.787. The maximum Gasteiger partial charge on any atom is 0.331 e. The second-order valence-corrected chi connectivity index (χ2v) is 5.63. The number of halogens is 1. The summed E-state index contributed by atoms with van der Waals surface area (Å²) in [5, 5.41) is 12.1. The molecule has 2 aromatic rings. The van der Waals surface area contributed by atoms with Gasteiger partial charge in [-0.15, -0.1) is 0 Å². The van der Waals surface area contributed by atoms with Crippen LogP contribution in [-0.2, 0) is 22.6 Å². The maximum absolute atomic E-state index is 14.7. The minimum atomic E-state index is -1.10. The number of rotatable bonds is 6. The van der Waals surface area contributed by atoms with Gasteiger partial charge in [-0.25, -0.2) is 9.18 Å². The second kappa shape index (κ2) is 7.38. The summed E-state index contributed by atoms with van der Waals surface area (Å²) < 4.78 is 21.9. The number of carbonyl (C=O) groups excluding carboxylic acids is 1.